The summed E-state index contributed by atoms with van der Waals surface area (Å²) >= 11 is 0. The number of benzene rings is 1. The van der Waals surface area contributed by atoms with Gasteiger partial charge in [-0.15, -0.1) is 0 Å². The molecule has 1 aromatic carbocycles. The summed E-state index contributed by atoms with van der Waals surface area (Å²) in [6, 6.07) is 11.5. The molecule has 0 spiro atoms. The fourth-order valence-electron chi connectivity index (χ4n) is 3.95. The van der Waals surface area contributed by atoms with Crippen LogP contribution in [0.25, 0.3) is 10.9 Å². The number of aromatic carboxylic acids is 1. The minimum Gasteiger partial charge on any atom is -0.478 e. The van der Waals surface area contributed by atoms with Crippen LogP contribution < -0.4 is 5.32 Å². The molecule has 2 aromatic heterocycles. The summed E-state index contributed by atoms with van der Waals surface area (Å²) in [4.78, 5) is 16.2. The van der Waals surface area contributed by atoms with Crippen molar-refractivity contribution in [2.24, 2.45) is 0 Å². The number of anilines is 2. The first-order chi connectivity index (χ1) is 14.2. The van der Waals surface area contributed by atoms with Gasteiger partial charge in [-0.05, 0) is 56.0 Å². The minimum absolute atomic E-state index is 0.178. The molecule has 1 fully saturated rings. The van der Waals surface area contributed by atoms with Crippen LogP contribution in [0.1, 0.15) is 48.7 Å². The minimum atomic E-state index is -0.984. The number of hydrogen-bond acceptors (Lipinski definition) is 4. The van der Waals surface area contributed by atoms with Crippen molar-refractivity contribution in [1.82, 2.24) is 9.55 Å². The Balaban J connectivity index is 1.65. The zero-order chi connectivity index (χ0) is 20.2. The lowest BCUT2D eigenvalue weighted by molar-refractivity contribution is 0.00670. The summed E-state index contributed by atoms with van der Waals surface area (Å²) in [5.74, 6) is -0.596. The van der Waals surface area contributed by atoms with E-state index in [4.69, 9.17) is 4.74 Å². The first-order valence-electron chi connectivity index (χ1n) is 10.4. The standard InChI is InChI=1S/C23H27N3O3/c1-2-6-16-10-11-19(23(27)28)22(24-16)25-20-8-5-9-21-18(20)12-13-26(21)15-17-7-3-4-14-29-17/h5,8-13,17H,2-4,6-7,14-15H2,1H3,(H,24,25)(H,27,28). The van der Waals surface area contributed by atoms with Gasteiger partial charge in [0.15, 0.2) is 0 Å². The number of ether oxygens (including phenoxy) is 1. The van der Waals surface area contributed by atoms with Gasteiger partial charge in [-0.2, -0.15) is 0 Å². The first-order valence-corrected chi connectivity index (χ1v) is 10.4. The second-order valence-electron chi connectivity index (χ2n) is 7.57. The lowest BCUT2D eigenvalue weighted by Crippen LogP contribution is -2.24. The Labute approximate surface area is 170 Å². The number of carboxylic acid groups (broad SMARTS) is 1. The number of carboxylic acids is 1. The second-order valence-corrected chi connectivity index (χ2v) is 7.57. The first kappa shape index (κ1) is 19.5. The zero-order valence-electron chi connectivity index (χ0n) is 16.7. The van der Waals surface area contributed by atoms with E-state index in [0.29, 0.717) is 5.82 Å². The molecule has 6 nitrogen and oxygen atoms in total. The van der Waals surface area contributed by atoms with Gasteiger partial charge in [-0.25, -0.2) is 9.78 Å². The van der Waals surface area contributed by atoms with E-state index in [9.17, 15) is 9.90 Å². The van der Waals surface area contributed by atoms with E-state index >= 15 is 0 Å². The van der Waals surface area contributed by atoms with Gasteiger partial charge in [0.1, 0.15) is 11.4 Å². The number of aryl methyl sites for hydroxylation is 1. The third kappa shape index (κ3) is 4.27. The normalized spacial score (nSPS) is 16.8. The monoisotopic (exact) mass is 393 g/mol. The third-order valence-corrected chi connectivity index (χ3v) is 5.43. The van der Waals surface area contributed by atoms with Gasteiger partial charge >= 0.3 is 5.97 Å². The van der Waals surface area contributed by atoms with Crippen LogP contribution in [0, 0.1) is 0 Å². The van der Waals surface area contributed by atoms with Crippen LogP contribution in [0.3, 0.4) is 0 Å². The highest BCUT2D eigenvalue weighted by Crippen LogP contribution is 2.29. The molecule has 6 heteroatoms. The van der Waals surface area contributed by atoms with Crippen molar-refractivity contribution in [2.45, 2.75) is 51.7 Å². The number of carbonyl (C=O) groups is 1. The molecule has 1 atom stereocenters. The molecule has 0 amide bonds. The lowest BCUT2D eigenvalue weighted by Gasteiger charge is -2.23. The molecule has 3 heterocycles. The molecule has 1 aliphatic rings. The molecule has 0 saturated carbocycles. The summed E-state index contributed by atoms with van der Waals surface area (Å²) in [6.45, 7) is 3.76. The van der Waals surface area contributed by atoms with Gasteiger partial charge in [0.2, 0.25) is 0 Å². The number of aromatic nitrogens is 2. The average molecular weight is 393 g/mol. The fourth-order valence-corrected chi connectivity index (χ4v) is 3.95. The summed E-state index contributed by atoms with van der Waals surface area (Å²) < 4.78 is 8.11. The lowest BCUT2D eigenvalue weighted by atomic mass is 10.1. The van der Waals surface area contributed by atoms with Crippen LogP contribution in [0.5, 0.6) is 0 Å². The molecule has 0 bridgehead atoms. The van der Waals surface area contributed by atoms with E-state index in [0.717, 1.165) is 61.1 Å². The van der Waals surface area contributed by atoms with Crippen LogP contribution in [0.4, 0.5) is 11.5 Å². The van der Waals surface area contributed by atoms with Crippen LogP contribution in [0.15, 0.2) is 42.6 Å². The zero-order valence-corrected chi connectivity index (χ0v) is 16.7. The van der Waals surface area contributed by atoms with Crippen LogP contribution in [-0.4, -0.2) is 33.3 Å². The Bertz CT molecular complexity index is 1010. The molecule has 29 heavy (non-hydrogen) atoms. The summed E-state index contributed by atoms with van der Waals surface area (Å²) in [7, 11) is 0. The Hall–Kier alpha value is -2.86. The molecule has 3 aromatic rings. The Morgan fingerprint density at radius 1 is 1.28 bits per heavy atom. The molecule has 4 rings (SSSR count). The van der Waals surface area contributed by atoms with Crippen LogP contribution in [-0.2, 0) is 17.7 Å². The molecule has 1 unspecified atom stereocenters. The van der Waals surface area contributed by atoms with Crippen LogP contribution >= 0.6 is 0 Å². The van der Waals surface area contributed by atoms with E-state index in [-0.39, 0.29) is 11.7 Å². The summed E-state index contributed by atoms with van der Waals surface area (Å²) in [6.07, 6.45) is 7.56. The maximum atomic E-state index is 11.7. The highest BCUT2D eigenvalue weighted by molar-refractivity contribution is 5.98. The van der Waals surface area contributed by atoms with E-state index in [1.54, 1.807) is 12.1 Å². The molecule has 1 aliphatic heterocycles. The van der Waals surface area contributed by atoms with Crippen molar-refractivity contribution in [3.8, 4) is 0 Å². The van der Waals surface area contributed by atoms with Crippen molar-refractivity contribution in [2.75, 3.05) is 11.9 Å². The van der Waals surface area contributed by atoms with Gasteiger partial charge in [0.25, 0.3) is 0 Å². The number of hydrogen-bond donors (Lipinski definition) is 2. The SMILES string of the molecule is CCCc1ccc(C(=O)O)c(Nc2cccc3c2ccn3CC2CCCCO2)n1. The van der Waals surface area contributed by atoms with E-state index < -0.39 is 5.97 Å². The van der Waals surface area contributed by atoms with E-state index in [2.05, 4.69) is 40.1 Å². The molecule has 0 radical (unpaired) electrons. The highest BCUT2D eigenvalue weighted by atomic mass is 16.5. The van der Waals surface area contributed by atoms with Crippen molar-refractivity contribution in [3.63, 3.8) is 0 Å². The predicted octanol–water partition coefficient (Wildman–Crippen LogP) is 5.00. The van der Waals surface area contributed by atoms with Crippen molar-refractivity contribution < 1.29 is 14.6 Å². The second kappa shape index (κ2) is 8.66. The predicted molar refractivity (Wildman–Crippen MR) is 114 cm³/mol. The van der Waals surface area contributed by atoms with Crippen molar-refractivity contribution >= 4 is 28.4 Å². The number of nitrogens with one attached hydrogen (secondary N) is 1. The van der Waals surface area contributed by atoms with Gasteiger partial charge in [-0.1, -0.05) is 19.4 Å². The van der Waals surface area contributed by atoms with Gasteiger partial charge in [0.05, 0.1) is 11.6 Å². The smallest absolute Gasteiger partial charge is 0.339 e. The topological polar surface area (TPSA) is 76.4 Å². The molecule has 1 saturated heterocycles. The summed E-state index contributed by atoms with van der Waals surface area (Å²) in [5, 5.41) is 13.9. The highest BCUT2D eigenvalue weighted by Gasteiger charge is 2.17. The molecule has 152 valence electrons. The van der Waals surface area contributed by atoms with Crippen molar-refractivity contribution in [1.29, 1.82) is 0 Å². The Kier molecular flexibility index (Phi) is 5.81. The Morgan fingerprint density at radius 2 is 2.17 bits per heavy atom. The molecule has 2 N–H and O–H groups in total. The largest absolute Gasteiger partial charge is 0.478 e. The maximum Gasteiger partial charge on any atom is 0.339 e. The quantitative estimate of drug-likeness (QED) is 0.591. The number of fused-ring (bicyclic) bond motifs is 1. The van der Waals surface area contributed by atoms with E-state index in [1.807, 2.05) is 12.1 Å². The fraction of sp³-hybridized carbons (Fsp3) is 0.391. The number of nitrogens with zero attached hydrogens (tertiary/aromatic N) is 2. The third-order valence-electron chi connectivity index (χ3n) is 5.43. The molecule has 0 aliphatic carbocycles. The van der Waals surface area contributed by atoms with Gasteiger partial charge in [0, 0.05) is 36.1 Å². The number of rotatable bonds is 7. The molecular weight excluding hydrogens is 366 g/mol. The maximum absolute atomic E-state index is 11.7. The van der Waals surface area contributed by atoms with Crippen molar-refractivity contribution in [3.05, 3.63) is 53.9 Å². The Morgan fingerprint density at radius 3 is 2.93 bits per heavy atom. The summed E-state index contributed by atoms with van der Waals surface area (Å²) in [5.41, 5.74) is 3.02. The van der Waals surface area contributed by atoms with Gasteiger partial charge in [-0.3, -0.25) is 0 Å². The molecular formula is C23H27N3O3. The van der Waals surface area contributed by atoms with Gasteiger partial charge < -0.3 is 19.7 Å². The van der Waals surface area contributed by atoms with Crippen LogP contribution in [0.2, 0.25) is 0 Å². The number of pyridine rings is 1. The van der Waals surface area contributed by atoms with E-state index in [1.165, 1.54) is 6.42 Å². The average Bonchev–Trinajstić information content (AvgIpc) is 3.13.